The number of ether oxygens (including phenoxy) is 1. The van der Waals surface area contributed by atoms with Crippen LogP contribution < -0.4 is 15.6 Å². The molecule has 2 N–H and O–H groups in total. The van der Waals surface area contributed by atoms with Gasteiger partial charge in [0.2, 0.25) is 5.88 Å². The van der Waals surface area contributed by atoms with Crippen LogP contribution in [0.3, 0.4) is 0 Å². The first-order valence-corrected chi connectivity index (χ1v) is 11.5. The van der Waals surface area contributed by atoms with Crippen molar-refractivity contribution in [1.29, 1.82) is 0 Å². The lowest BCUT2D eigenvalue weighted by atomic mass is 10.1. The molecule has 0 spiro atoms. The molecule has 166 valence electrons. The zero-order valence-electron chi connectivity index (χ0n) is 19.0. The van der Waals surface area contributed by atoms with E-state index in [4.69, 9.17) is 14.7 Å². The maximum Gasteiger partial charge on any atom is 0.225 e. The van der Waals surface area contributed by atoms with E-state index in [2.05, 4.69) is 35.7 Å². The zero-order valence-corrected chi connectivity index (χ0v) is 19.0. The fraction of sp³-hybridized carbons (Fsp3) is 0.346. The molecular formula is C26H31N5O. The van der Waals surface area contributed by atoms with Crippen molar-refractivity contribution >= 4 is 27.5 Å². The second-order valence-electron chi connectivity index (χ2n) is 8.09. The quantitative estimate of drug-likeness (QED) is 0.292. The van der Waals surface area contributed by atoms with Crippen molar-refractivity contribution in [3.63, 3.8) is 0 Å². The molecule has 32 heavy (non-hydrogen) atoms. The van der Waals surface area contributed by atoms with Crippen LogP contribution >= 0.6 is 0 Å². The number of hydrogen-bond acceptors (Lipinski definition) is 6. The van der Waals surface area contributed by atoms with Gasteiger partial charge in [0.15, 0.2) is 5.82 Å². The second kappa shape index (κ2) is 10.4. The molecule has 0 aliphatic heterocycles. The van der Waals surface area contributed by atoms with Crippen LogP contribution in [0.4, 0.5) is 5.69 Å². The van der Waals surface area contributed by atoms with Crippen LogP contribution in [-0.2, 0) is 0 Å². The third-order valence-electron chi connectivity index (χ3n) is 5.54. The summed E-state index contributed by atoms with van der Waals surface area (Å²) in [4.78, 5) is 14.1. The van der Waals surface area contributed by atoms with Gasteiger partial charge in [0.05, 0.1) is 28.1 Å². The Kier molecular flexibility index (Phi) is 7.12. The summed E-state index contributed by atoms with van der Waals surface area (Å²) < 4.78 is 6.41. The van der Waals surface area contributed by atoms with E-state index in [0.717, 1.165) is 53.2 Å². The Labute approximate surface area is 189 Å². The highest BCUT2D eigenvalue weighted by Crippen LogP contribution is 2.27. The maximum absolute atomic E-state index is 6.41. The highest BCUT2D eigenvalue weighted by molar-refractivity contribution is 5.90. The number of rotatable bonds is 10. The minimum Gasteiger partial charge on any atom is -0.474 e. The van der Waals surface area contributed by atoms with Gasteiger partial charge in [-0.15, -0.1) is 0 Å². The Morgan fingerprint density at radius 2 is 1.53 bits per heavy atom. The number of nitrogens with one attached hydrogen (secondary N) is 2. The molecule has 0 amide bonds. The third-order valence-corrected chi connectivity index (χ3v) is 5.54. The molecule has 4 rings (SSSR count). The fourth-order valence-corrected chi connectivity index (χ4v) is 3.87. The number of benzene rings is 2. The number of nitrogens with zero attached hydrogens (tertiary/aromatic N) is 3. The molecule has 1 atom stereocenters. The van der Waals surface area contributed by atoms with Crippen molar-refractivity contribution in [1.82, 2.24) is 20.4 Å². The highest BCUT2D eigenvalue weighted by atomic mass is 16.5. The van der Waals surface area contributed by atoms with E-state index in [1.165, 1.54) is 0 Å². The molecule has 6 heteroatoms. The average Bonchev–Trinajstić information content (AvgIpc) is 2.82. The molecule has 2 heterocycles. The van der Waals surface area contributed by atoms with Gasteiger partial charge in [0, 0.05) is 11.6 Å². The van der Waals surface area contributed by atoms with Crippen molar-refractivity contribution in [2.75, 3.05) is 5.43 Å². The predicted molar refractivity (Wildman–Crippen MR) is 131 cm³/mol. The molecule has 0 fully saturated rings. The summed E-state index contributed by atoms with van der Waals surface area (Å²) in [5.74, 6) is 1.36. The number of para-hydroxylation sites is 2. The lowest BCUT2D eigenvalue weighted by molar-refractivity contribution is 0.173. The first-order chi connectivity index (χ1) is 15.7. The summed E-state index contributed by atoms with van der Waals surface area (Å²) in [6, 6.07) is 17.9. The Bertz CT molecular complexity index is 1170. The van der Waals surface area contributed by atoms with E-state index < -0.39 is 0 Å². The van der Waals surface area contributed by atoms with E-state index in [0.29, 0.717) is 11.7 Å². The SMILES string of the molecule is CCCC(CCC)Oc1nc(C(C)NNc2ccnc3ccccc23)nc2ccccc12. The summed E-state index contributed by atoms with van der Waals surface area (Å²) in [7, 11) is 0. The topological polar surface area (TPSA) is 72.0 Å². The predicted octanol–water partition coefficient (Wildman–Crippen LogP) is 6.20. The lowest BCUT2D eigenvalue weighted by Gasteiger charge is -2.21. The number of fused-ring (bicyclic) bond motifs is 2. The summed E-state index contributed by atoms with van der Waals surface area (Å²) in [6.45, 7) is 6.42. The van der Waals surface area contributed by atoms with E-state index >= 15 is 0 Å². The molecule has 0 bridgehead atoms. The minimum absolute atomic E-state index is 0.135. The van der Waals surface area contributed by atoms with E-state index in [-0.39, 0.29) is 12.1 Å². The smallest absolute Gasteiger partial charge is 0.225 e. The molecular weight excluding hydrogens is 398 g/mol. The number of aromatic nitrogens is 3. The first kappa shape index (κ1) is 22.0. The molecule has 6 nitrogen and oxygen atoms in total. The highest BCUT2D eigenvalue weighted by Gasteiger charge is 2.17. The Morgan fingerprint density at radius 3 is 2.28 bits per heavy atom. The van der Waals surface area contributed by atoms with Crippen LogP contribution in [0.2, 0.25) is 0 Å². The van der Waals surface area contributed by atoms with E-state index in [1.54, 1.807) is 6.20 Å². The summed E-state index contributed by atoms with van der Waals surface area (Å²) in [6.07, 6.45) is 6.18. The Morgan fingerprint density at radius 1 is 0.844 bits per heavy atom. The van der Waals surface area contributed by atoms with Crippen molar-refractivity contribution < 1.29 is 4.74 Å². The number of hydrogen-bond donors (Lipinski definition) is 2. The third kappa shape index (κ3) is 4.97. The van der Waals surface area contributed by atoms with Crippen LogP contribution in [0.1, 0.15) is 58.3 Å². The lowest BCUT2D eigenvalue weighted by Crippen LogP contribution is -2.27. The van der Waals surface area contributed by atoms with Gasteiger partial charge in [-0.1, -0.05) is 57.0 Å². The second-order valence-corrected chi connectivity index (χ2v) is 8.09. The van der Waals surface area contributed by atoms with Gasteiger partial charge in [-0.3, -0.25) is 4.98 Å². The summed E-state index contributed by atoms with van der Waals surface area (Å²) >= 11 is 0. The standard InChI is InChI=1S/C26H31N5O/c1-4-10-19(11-5-2)32-26-21-13-7-9-15-23(21)28-25(29-26)18(3)30-31-24-16-17-27-22-14-8-6-12-20(22)24/h6-9,12-19,30H,4-5,10-11H2,1-3H3,(H,27,31). The molecule has 1 unspecified atom stereocenters. The molecule has 0 radical (unpaired) electrons. The Hall–Kier alpha value is -3.25. The van der Waals surface area contributed by atoms with Crippen LogP contribution in [0.15, 0.2) is 60.8 Å². The van der Waals surface area contributed by atoms with Gasteiger partial charge in [0.1, 0.15) is 6.10 Å². The van der Waals surface area contributed by atoms with Crippen molar-refractivity contribution in [2.24, 2.45) is 0 Å². The van der Waals surface area contributed by atoms with Crippen molar-refractivity contribution in [3.05, 3.63) is 66.6 Å². The Balaban J connectivity index is 1.59. The average molecular weight is 430 g/mol. The van der Waals surface area contributed by atoms with Crippen LogP contribution in [-0.4, -0.2) is 21.1 Å². The molecule has 4 aromatic rings. The van der Waals surface area contributed by atoms with Gasteiger partial charge >= 0.3 is 0 Å². The fourth-order valence-electron chi connectivity index (χ4n) is 3.87. The minimum atomic E-state index is -0.135. The monoisotopic (exact) mass is 429 g/mol. The molecule has 0 saturated heterocycles. The van der Waals surface area contributed by atoms with Crippen LogP contribution in [0.25, 0.3) is 21.8 Å². The normalized spacial score (nSPS) is 12.4. The van der Waals surface area contributed by atoms with Crippen LogP contribution in [0, 0.1) is 0 Å². The van der Waals surface area contributed by atoms with Crippen molar-refractivity contribution in [3.8, 4) is 5.88 Å². The molecule has 2 aromatic carbocycles. The van der Waals surface area contributed by atoms with Gasteiger partial charge in [-0.25, -0.2) is 10.4 Å². The van der Waals surface area contributed by atoms with E-state index in [1.807, 2.05) is 55.5 Å². The van der Waals surface area contributed by atoms with Gasteiger partial charge in [-0.05, 0) is 44.0 Å². The molecule has 0 aliphatic rings. The number of pyridine rings is 1. The largest absolute Gasteiger partial charge is 0.474 e. The van der Waals surface area contributed by atoms with Gasteiger partial charge in [-0.2, -0.15) is 4.98 Å². The first-order valence-electron chi connectivity index (χ1n) is 11.5. The molecule has 0 saturated carbocycles. The summed E-state index contributed by atoms with van der Waals surface area (Å²) in [5.41, 5.74) is 9.47. The summed E-state index contributed by atoms with van der Waals surface area (Å²) in [5, 5.41) is 2.01. The van der Waals surface area contributed by atoms with Crippen LogP contribution in [0.5, 0.6) is 5.88 Å². The zero-order chi connectivity index (χ0) is 22.3. The van der Waals surface area contributed by atoms with E-state index in [9.17, 15) is 0 Å². The van der Waals surface area contributed by atoms with Gasteiger partial charge in [0.25, 0.3) is 0 Å². The number of hydrazine groups is 1. The molecule has 2 aromatic heterocycles. The maximum atomic E-state index is 6.41. The number of anilines is 1. The molecule has 0 aliphatic carbocycles. The van der Waals surface area contributed by atoms with Gasteiger partial charge < -0.3 is 10.2 Å². The van der Waals surface area contributed by atoms with Crippen molar-refractivity contribution in [2.45, 2.75) is 58.6 Å².